The van der Waals surface area contributed by atoms with Gasteiger partial charge in [0, 0.05) is 48.7 Å². The first-order chi connectivity index (χ1) is 24.7. The average Bonchev–Trinajstić information content (AvgIpc) is 3.16. The first-order valence-electron chi connectivity index (χ1n) is 17.2. The van der Waals surface area contributed by atoms with Crippen molar-refractivity contribution in [1.82, 2.24) is 10.2 Å². The van der Waals surface area contributed by atoms with E-state index in [-0.39, 0.29) is 25.2 Å². The normalized spacial score (nSPS) is 21.0. The maximum absolute atomic E-state index is 13.1. The minimum Gasteiger partial charge on any atom is -0.467 e. The molecule has 2 fully saturated rings. The van der Waals surface area contributed by atoms with E-state index >= 15 is 0 Å². The summed E-state index contributed by atoms with van der Waals surface area (Å²) in [4.78, 5) is 27.9. The predicted molar refractivity (Wildman–Crippen MR) is 194 cm³/mol. The quantitative estimate of drug-likeness (QED) is 0.134. The van der Waals surface area contributed by atoms with Gasteiger partial charge in [0.1, 0.15) is 6.04 Å². The number of hydrogen-bond donors (Lipinski definition) is 4. The summed E-state index contributed by atoms with van der Waals surface area (Å²) in [6, 6.07) is 30.4. The van der Waals surface area contributed by atoms with Crippen LogP contribution in [0.15, 0.2) is 103 Å². The lowest BCUT2D eigenvalue weighted by atomic mass is 9.84. The van der Waals surface area contributed by atoms with Crippen LogP contribution in [0.2, 0.25) is 5.02 Å². The molecule has 0 saturated carbocycles. The van der Waals surface area contributed by atoms with E-state index in [1.807, 2.05) is 91.0 Å². The largest absolute Gasteiger partial charge is 0.467 e. The van der Waals surface area contributed by atoms with Gasteiger partial charge in [-0.15, -0.1) is 0 Å². The van der Waals surface area contributed by atoms with Gasteiger partial charge >= 0.3 is 12.0 Å². The molecule has 2 saturated heterocycles. The third kappa shape index (κ3) is 9.53. The number of rotatable bonds is 11. The molecule has 4 N–H and O–H groups in total. The first-order valence-corrected chi connectivity index (χ1v) is 17.6. The summed E-state index contributed by atoms with van der Waals surface area (Å²) >= 11 is 6.08. The lowest BCUT2D eigenvalue weighted by Crippen LogP contribution is -2.46. The number of benzene rings is 4. The van der Waals surface area contributed by atoms with Gasteiger partial charge in [-0.05, 0) is 59.4 Å². The monoisotopic (exact) mass is 713 g/mol. The Hall–Kier alpha value is -4.29. The highest BCUT2D eigenvalue weighted by atomic mass is 35.5. The Kier molecular flexibility index (Phi) is 12.0. The number of piperidine rings is 1. The van der Waals surface area contributed by atoms with E-state index in [0.29, 0.717) is 49.6 Å². The van der Waals surface area contributed by atoms with Gasteiger partial charge in [0.15, 0.2) is 6.29 Å². The Labute approximate surface area is 303 Å². The predicted octanol–water partition coefficient (Wildman–Crippen LogP) is 6.27. The van der Waals surface area contributed by atoms with Crippen LogP contribution in [0.25, 0.3) is 0 Å². The smallest absolute Gasteiger partial charge is 0.328 e. The Balaban J connectivity index is 1.14. The number of methoxy groups -OCH3 is 1. The number of esters is 1. The van der Waals surface area contributed by atoms with Crippen LogP contribution in [0, 0.1) is 0 Å². The maximum atomic E-state index is 13.1. The standard InChI is InChI=1S/C40H44ClN3O7/c1-49-37(46)35(22-27-6-3-2-4-7-27)43-39(47)42-33-9-5-8-30(23-33)38-50-34(24-36(51-38)29-12-10-28(26-45)11-13-29)25-44-20-18-40(48,19-21-44)31-14-16-32(41)17-15-31/h2-17,23,34-36,38,45,48H,18-22,24-26H2,1H3,(H2,42,43,47)/t34-,35+,36+,38+/m1/s1. The average molecular weight is 714 g/mol. The molecular formula is C40H44ClN3O7. The van der Waals surface area contributed by atoms with Gasteiger partial charge < -0.3 is 40.0 Å². The Morgan fingerprint density at radius 1 is 0.922 bits per heavy atom. The van der Waals surface area contributed by atoms with Crippen LogP contribution < -0.4 is 10.6 Å². The molecule has 0 aromatic heterocycles. The number of ether oxygens (including phenoxy) is 3. The van der Waals surface area contributed by atoms with Crippen molar-refractivity contribution < 1.29 is 34.0 Å². The number of hydrogen-bond acceptors (Lipinski definition) is 8. The lowest BCUT2D eigenvalue weighted by molar-refractivity contribution is -0.253. The molecule has 4 aromatic rings. The molecule has 0 bridgehead atoms. The fourth-order valence-corrected chi connectivity index (χ4v) is 6.88. The fourth-order valence-electron chi connectivity index (χ4n) is 6.75. The summed E-state index contributed by atoms with van der Waals surface area (Å²) < 4.78 is 18.1. The summed E-state index contributed by atoms with van der Waals surface area (Å²) in [6.45, 7) is 2.01. The summed E-state index contributed by atoms with van der Waals surface area (Å²) in [7, 11) is 1.29. The Morgan fingerprint density at radius 2 is 1.65 bits per heavy atom. The van der Waals surface area contributed by atoms with Crippen molar-refractivity contribution in [3.05, 3.63) is 136 Å². The lowest BCUT2D eigenvalue weighted by Gasteiger charge is -2.42. The van der Waals surface area contributed by atoms with Crippen molar-refractivity contribution >= 4 is 29.3 Å². The zero-order valence-electron chi connectivity index (χ0n) is 28.5. The highest BCUT2D eigenvalue weighted by Crippen LogP contribution is 2.40. The van der Waals surface area contributed by atoms with Gasteiger partial charge in [-0.3, -0.25) is 0 Å². The van der Waals surface area contributed by atoms with Crippen molar-refractivity contribution in [2.45, 2.75) is 62.4 Å². The molecule has 268 valence electrons. The van der Waals surface area contributed by atoms with Crippen LogP contribution in [-0.4, -0.2) is 66.0 Å². The SMILES string of the molecule is COC(=O)[C@H](Cc1ccccc1)NC(=O)Nc1cccc([C@H]2O[C@@H](CN3CCC(O)(c4ccc(Cl)cc4)CC3)C[C@@H](c3ccc(CO)cc3)O2)c1. The Morgan fingerprint density at radius 3 is 2.33 bits per heavy atom. The van der Waals surface area contributed by atoms with Gasteiger partial charge in [-0.25, -0.2) is 9.59 Å². The minimum atomic E-state index is -0.907. The molecule has 51 heavy (non-hydrogen) atoms. The topological polar surface area (TPSA) is 130 Å². The van der Waals surface area contributed by atoms with Crippen LogP contribution in [-0.2, 0) is 37.6 Å². The van der Waals surface area contributed by atoms with Gasteiger partial charge in [0.25, 0.3) is 0 Å². The number of amides is 2. The number of carbonyl (C=O) groups is 2. The molecule has 2 heterocycles. The van der Waals surface area contributed by atoms with Crippen molar-refractivity contribution in [1.29, 1.82) is 0 Å². The van der Waals surface area contributed by atoms with Crippen LogP contribution in [0.4, 0.5) is 10.5 Å². The zero-order valence-corrected chi connectivity index (χ0v) is 29.3. The minimum absolute atomic E-state index is 0.0442. The number of nitrogens with zero attached hydrogens (tertiary/aromatic N) is 1. The third-order valence-electron chi connectivity index (χ3n) is 9.63. The van der Waals surface area contributed by atoms with E-state index < -0.39 is 29.9 Å². The molecular weight excluding hydrogens is 670 g/mol. The van der Waals surface area contributed by atoms with E-state index in [1.54, 1.807) is 12.1 Å². The van der Waals surface area contributed by atoms with Crippen LogP contribution >= 0.6 is 11.6 Å². The number of carbonyl (C=O) groups excluding carboxylic acids is 2. The molecule has 2 amide bonds. The van der Waals surface area contributed by atoms with Crippen LogP contribution in [0.3, 0.4) is 0 Å². The number of urea groups is 1. The molecule has 0 spiro atoms. The van der Waals surface area contributed by atoms with Gasteiger partial charge in [0.2, 0.25) is 0 Å². The van der Waals surface area contributed by atoms with Crippen molar-refractivity contribution in [3.8, 4) is 0 Å². The molecule has 0 radical (unpaired) electrons. The maximum Gasteiger partial charge on any atom is 0.328 e. The van der Waals surface area contributed by atoms with Crippen molar-refractivity contribution in [2.75, 3.05) is 32.1 Å². The van der Waals surface area contributed by atoms with E-state index in [9.17, 15) is 19.8 Å². The van der Waals surface area contributed by atoms with E-state index in [1.165, 1.54) is 7.11 Å². The molecule has 11 heteroatoms. The van der Waals surface area contributed by atoms with Gasteiger partial charge in [0.05, 0.1) is 31.5 Å². The molecule has 2 aliphatic heterocycles. The third-order valence-corrected chi connectivity index (χ3v) is 9.88. The highest BCUT2D eigenvalue weighted by molar-refractivity contribution is 6.30. The van der Waals surface area contributed by atoms with Crippen LogP contribution in [0.5, 0.6) is 0 Å². The molecule has 0 unspecified atom stereocenters. The Bertz CT molecular complexity index is 1750. The second kappa shape index (κ2) is 16.8. The zero-order chi connectivity index (χ0) is 35.8. The van der Waals surface area contributed by atoms with E-state index in [2.05, 4.69) is 15.5 Å². The summed E-state index contributed by atoms with van der Waals surface area (Å²) in [6.07, 6.45) is 0.875. The molecule has 0 aliphatic carbocycles. The molecule has 10 nitrogen and oxygen atoms in total. The summed E-state index contributed by atoms with van der Waals surface area (Å²) in [5.74, 6) is -0.542. The van der Waals surface area contributed by atoms with E-state index in [4.69, 9.17) is 25.8 Å². The second-order valence-corrected chi connectivity index (χ2v) is 13.6. The van der Waals surface area contributed by atoms with Gasteiger partial charge in [-0.1, -0.05) is 90.5 Å². The second-order valence-electron chi connectivity index (χ2n) is 13.2. The highest BCUT2D eigenvalue weighted by Gasteiger charge is 2.37. The number of halogens is 1. The van der Waals surface area contributed by atoms with Crippen LogP contribution in [0.1, 0.15) is 59.5 Å². The fraction of sp³-hybridized carbons (Fsp3) is 0.350. The number of aliphatic hydroxyl groups is 2. The molecule has 4 aromatic carbocycles. The van der Waals surface area contributed by atoms with Gasteiger partial charge in [-0.2, -0.15) is 0 Å². The number of anilines is 1. The number of likely N-dealkylation sites (tertiary alicyclic amines) is 1. The molecule has 2 aliphatic rings. The van der Waals surface area contributed by atoms with Crippen molar-refractivity contribution in [3.63, 3.8) is 0 Å². The van der Waals surface area contributed by atoms with E-state index in [0.717, 1.165) is 27.8 Å². The molecule has 4 atom stereocenters. The summed E-state index contributed by atoms with van der Waals surface area (Å²) in [5, 5.41) is 27.2. The number of aliphatic hydroxyl groups excluding tert-OH is 1. The first kappa shape index (κ1) is 36.5. The molecule has 6 rings (SSSR count). The summed E-state index contributed by atoms with van der Waals surface area (Å²) in [5.41, 5.74) is 3.87. The number of nitrogens with one attached hydrogen (secondary N) is 2. The van der Waals surface area contributed by atoms with Crippen molar-refractivity contribution in [2.24, 2.45) is 0 Å².